The van der Waals surface area contributed by atoms with Crippen LogP contribution in [0.5, 0.6) is 0 Å². The van der Waals surface area contributed by atoms with Gasteiger partial charge in [-0.1, -0.05) is 28.1 Å². The first-order chi connectivity index (χ1) is 7.89. The molecule has 0 saturated carbocycles. The Bertz CT molecular complexity index is 592. The smallest absolute Gasteiger partial charge is 0.195 e. The molecule has 1 aromatic carbocycles. The minimum atomic E-state index is -0.0955. The summed E-state index contributed by atoms with van der Waals surface area (Å²) in [5.74, 6) is 0.865. The predicted octanol–water partition coefficient (Wildman–Crippen LogP) is 4.13. The number of rotatable bonds is 1. The summed E-state index contributed by atoms with van der Waals surface area (Å²) < 4.78 is 3.71. The van der Waals surface area contributed by atoms with E-state index in [-0.39, 0.29) is 5.54 Å². The maximum absolute atomic E-state index is 5.29. The minimum Gasteiger partial charge on any atom is -0.295 e. The molecule has 5 heteroatoms. The Labute approximate surface area is 114 Å². The molecule has 1 aromatic heterocycles. The summed E-state index contributed by atoms with van der Waals surface area (Å²) in [5.41, 5.74) is 0.948. The number of nitrogens with zero attached hydrogens (tertiary/aromatic N) is 2. The van der Waals surface area contributed by atoms with Gasteiger partial charge >= 0.3 is 0 Å². The van der Waals surface area contributed by atoms with Crippen molar-refractivity contribution in [2.24, 2.45) is 0 Å². The highest BCUT2D eigenvalue weighted by molar-refractivity contribution is 9.10. The van der Waals surface area contributed by atoms with Gasteiger partial charge in [0, 0.05) is 15.6 Å². The van der Waals surface area contributed by atoms with Crippen molar-refractivity contribution in [1.29, 1.82) is 0 Å². The molecule has 2 rings (SSSR count). The Kier molecular flexibility index (Phi) is 3.23. The van der Waals surface area contributed by atoms with Crippen LogP contribution in [0.15, 0.2) is 28.7 Å². The molecule has 90 valence electrons. The second kappa shape index (κ2) is 4.38. The lowest BCUT2D eigenvalue weighted by Gasteiger charge is -2.22. The molecule has 0 spiro atoms. The minimum absolute atomic E-state index is 0.0955. The van der Waals surface area contributed by atoms with Crippen LogP contribution in [0, 0.1) is 4.77 Å². The number of hydrogen-bond acceptors (Lipinski definition) is 2. The fourth-order valence-corrected chi connectivity index (χ4v) is 2.55. The summed E-state index contributed by atoms with van der Waals surface area (Å²) in [6.45, 7) is 6.33. The first-order valence-corrected chi connectivity index (χ1v) is 6.53. The molecule has 1 heterocycles. The van der Waals surface area contributed by atoms with E-state index in [1.807, 2.05) is 28.8 Å². The third-order valence-corrected chi connectivity index (χ3v) is 3.19. The Morgan fingerprint density at radius 2 is 2.06 bits per heavy atom. The Morgan fingerprint density at radius 3 is 2.65 bits per heavy atom. The van der Waals surface area contributed by atoms with Gasteiger partial charge < -0.3 is 0 Å². The molecular formula is C12H14BrN3S. The van der Waals surface area contributed by atoms with Crippen molar-refractivity contribution in [3.05, 3.63) is 33.5 Å². The highest BCUT2D eigenvalue weighted by Gasteiger charge is 2.20. The van der Waals surface area contributed by atoms with Crippen molar-refractivity contribution in [1.82, 2.24) is 14.8 Å². The van der Waals surface area contributed by atoms with Crippen molar-refractivity contribution in [3.63, 3.8) is 0 Å². The van der Waals surface area contributed by atoms with E-state index in [0.717, 1.165) is 15.9 Å². The summed E-state index contributed by atoms with van der Waals surface area (Å²) in [7, 11) is 0. The van der Waals surface area contributed by atoms with Crippen LogP contribution in [0.3, 0.4) is 0 Å². The van der Waals surface area contributed by atoms with Crippen LogP contribution < -0.4 is 0 Å². The standard InChI is InChI=1S/C12H14BrN3S/c1-12(2,3)16-10(14-15-11(16)17)8-5-4-6-9(13)7-8/h4-7H,1-3H3,(H,15,17). The summed E-state index contributed by atoms with van der Waals surface area (Å²) in [4.78, 5) is 0. The van der Waals surface area contributed by atoms with E-state index in [0.29, 0.717) is 4.77 Å². The molecule has 1 N–H and O–H groups in total. The van der Waals surface area contributed by atoms with E-state index < -0.39 is 0 Å². The molecule has 0 saturated heterocycles. The normalized spacial score (nSPS) is 11.8. The highest BCUT2D eigenvalue weighted by Crippen LogP contribution is 2.26. The third kappa shape index (κ3) is 2.50. The van der Waals surface area contributed by atoms with E-state index in [9.17, 15) is 0 Å². The summed E-state index contributed by atoms with van der Waals surface area (Å²) in [6, 6.07) is 8.04. The summed E-state index contributed by atoms with van der Waals surface area (Å²) in [5, 5.41) is 7.18. The molecule has 0 aliphatic heterocycles. The molecule has 17 heavy (non-hydrogen) atoms. The Hall–Kier alpha value is -0.940. The Morgan fingerprint density at radius 1 is 1.35 bits per heavy atom. The first kappa shape index (κ1) is 12.5. The lowest BCUT2D eigenvalue weighted by molar-refractivity contribution is 0.395. The van der Waals surface area contributed by atoms with Crippen molar-refractivity contribution in [2.45, 2.75) is 26.3 Å². The van der Waals surface area contributed by atoms with Crippen molar-refractivity contribution in [3.8, 4) is 11.4 Å². The molecule has 0 aliphatic carbocycles. The average molecular weight is 312 g/mol. The molecule has 0 bridgehead atoms. The zero-order valence-corrected chi connectivity index (χ0v) is 12.4. The van der Waals surface area contributed by atoms with Crippen LogP contribution in [0.1, 0.15) is 20.8 Å². The zero-order valence-electron chi connectivity index (χ0n) is 9.99. The first-order valence-electron chi connectivity index (χ1n) is 5.33. The van der Waals surface area contributed by atoms with E-state index in [1.165, 1.54) is 0 Å². The lowest BCUT2D eigenvalue weighted by atomic mass is 10.1. The second-order valence-electron chi connectivity index (χ2n) is 4.87. The monoisotopic (exact) mass is 311 g/mol. The molecule has 0 fully saturated rings. The van der Waals surface area contributed by atoms with E-state index in [2.05, 4.69) is 46.9 Å². The van der Waals surface area contributed by atoms with Crippen LogP contribution in [-0.4, -0.2) is 14.8 Å². The maximum atomic E-state index is 5.29. The number of hydrogen-bond donors (Lipinski definition) is 1. The van der Waals surface area contributed by atoms with E-state index in [1.54, 1.807) is 0 Å². The van der Waals surface area contributed by atoms with Gasteiger partial charge in [0.15, 0.2) is 10.6 Å². The predicted molar refractivity (Wildman–Crippen MR) is 75.5 cm³/mol. The van der Waals surface area contributed by atoms with Gasteiger partial charge in [0.1, 0.15) is 0 Å². The largest absolute Gasteiger partial charge is 0.295 e. The number of H-pyrrole nitrogens is 1. The van der Waals surface area contributed by atoms with Gasteiger partial charge in [0.05, 0.1) is 0 Å². The van der Waals surface area contributed by atoms with Crippen LogP contribution >= 0.6 is 28.1 Å². The fourth-order valence-electron chi connectivity index (χ4n) is 1.74. The Balaban J connectivity index is 2.66. The van der Waals surface area contributed by atoms with Crippen molar-refractivity contribution in [2.75, 3.05) is 0 Å². The van der Waals surface area contributed by atoms with Gasteiger partial charge in [-0.25, -0.2) is 0 Å². The summed E-state index contributed by atoms with van der Waals surface area (Å²) in [6.07, 6.45) is 0. The number of aromatic amines is 1. The average Bonchev–Trinajstić information content (AvgIpc) is 2.59. The van der Waals surface area contributed by atoms with Gasteiger partial charge in [0.25, 0.3) is 0 Å². The van der Waals surface area contributed by atoms with Gasteiger partial charge in [-0.05, 0) is 45.1 Å². The molecule has 3 nitrogen and oxygen atoms in total. The van der Waals surface area contributed by atoms with Crippen LogP contribution in [0.25, 0.3) is 11.4 Å². The number of aromatic nitrogens is 3. The molecule has 0 amide bonds. The van der Waals surface area contributed by atoms with Crippen LogP contribution in [0.4, 0.5) is 0 Å². The topological polar surface area (TPSA) is 33.6 Å². The van der Waals surface area contributed by atoms with Gasteiger partial charge in [-0.2, -0.15) is 5.10 Å². The molecular weight excluding hydrogens is 298 g/mol. The van der Waals surface area contributed by atoms with Crippen LogP contribution in [0.2, 0.25) is 0 Å². The fraction of sp³-hybridized carbons (Fsp3) is 0.333. The third-order valence-electron chi connectivity index (χ3n) is 2.43. The molecule has 0 radical (unpaired) electrons. The van der Waals surface area contributed by atoms with Crippen LogP contribution in [-0.2, 0) is 5.54 Å². The highest BCUT2D eigenvalue weighted by atomic mass is 79.9. The number of benzene rings is 1. The second-order valence-corrected chi connectivity index (χ2v) is 6.17. The van der Waals surface area contributed by atoms with Crippen molar-refractivity contribution >= 4 is 28.1 Å². The van der Waals surface area contributed by atoms with Gasteiger partial charge in [-0.15, -0.1) is 0 Å². The van der Waals surface area contributed by atoms with Crippen molar-refractivity contribution < 1.29 is 0 Å². The van der Waals surface area contributed by atoms with Gasteiger partial charge in [0.2, 0.25) is 0 Å². The van der Waals surface area contributed by atoms with E-state index in [4.69, 9.17) is 12.2 Å². The molecule has 0 aliphatic rings. The molecule has 0 atom stereocenters. The molecule has 0 unspecified atom stereocenters. The van der Waals surface area contributed by atoms with E-state index >= 15 is 0 Å². The SMILES string of the molecule is CC(C)(C)n1c(-c2cccc(Br)c2)n[nH]c1=S. The summed E-state index contributed by atoms with van der Waals surface area (Å²) >= 11 is 8.75. The molecule has 2 aromatic rings. The quantitative estimate of drug-likeness (QED) is 0.804. The number of nitrogens with one attached hydrogen (secondary N) is 1. The lowest BCUT2D eigenvalue weighted by Crippen LogP contribution is -2.22. The maximum Gasteiger partial charge on any atom is 0.195 e. The zero-order chi connectivity index (χ0) is 12.6. The number of halogens is 1. The van der Waals surface area contributed by atoms with Gasteiger partial charge in [-0.3, -0.25) is 9.67 Å².